The molecule has 0 saturated heterocycles. The van der Waals surface area contributed by atoms with E-state index in [0.29, 0.717) is 31.3 Å². The third-order valence-electron chi connectivity index (χ3n) is 2.79. The second-order valence-corrected chi connectivity index (χ2v) is 4.36. The third-order valence-corrected chi connectivity index (χ3v) is 2.79. The summed E-state index contributed by atoms with van der Waals surface area (Å²) in [6.45, 7) is 1.53. The predicted molar refractivity (Wildman–Crippen MR) is 67.7 cm³/mol. The zero-order chi connectivity index (χ0) is 13.8. The van der Waals surface area contributed by atoms with Gasteiger partial charge in [0.15, 0.2) is 11.5 Å². The number of carbonyl (C=O) groups is 2. The predicted octanol–water partition coefficient (Wildman–Crippen LogP) is 0.292. The molecule has 1 aliphatic rings. The maximum absolute atomic E-state index is 11.4. The van der Waals surface area contributed by atoms with Gasteiger partial charge in [-0.1, -0.05) is 6.07 Å². The van der Waals surface area contributed by atoms with E-state index in [1.165, 1.54) is 11.9 Å². The Morgan fingerprint density at radius 1 is 1.26 bits per heavy atom. The smallest absolute Gasteiger partial charge is 0.311 e. The van der Waals surface area contributed by atoms with Crippen molar-refractivity contribution < 1.29 is 19.1 Å². The Bertz CT molecular complexity index is 501. The topological polar surface area (TPSA) is 81.9 Å². The largest absolute Gasteiger partial charge is 0.490 e. The van der Waals surface area contributed by atoms with E-state index >= 15 is 0 Å². The number of nitrogens with zero attached hydrogens (tertiary/aromatic N) is 1. The molecule has 0 unspecified atom stereocenters. The van der Waals surface area contributed by atoms with Crippen LogP contribution in [0.1, 0.15) is 12.0 Å². The van der Waals surface area contributed by atoms with E-state index in [2.05, 4.69) is 0 Å². The van der Waals surface area contributed by atoms with Gasteiger partial charge in [0, 0.05) is 20.0 Å². The summed E-state index contributed by atoms with van der Waals surface area (Å²) in [5.41, 5.74) is 5.80. The molecule has 0 spiro atoms. The molecule has 0 radical (unpaired) electrons. The number of rotatable bonds is 2. The first-order valence-corrected chi connectivity index (χ1v) is 6.01. The Hall–Kier alpha value is -2.24. The highest BCUT2D eigenvalue weighted by Gasteiger charge is 2.16. The van der Waals surface area contributed by atoms with Crippen molar-refractivity contribution in [1.29, 1.82) is 0 Å². The highest BCUT2D eigenvalue weighted by atomic mass is 16.5. The standard InChI is InChI=1S/C13H16N2O4/c1-15(13(17)12(14)16)8-9-3-4-10-11(7-9)19-6-2-5-18-10/h3-4,7H,2,5-6,8H2,1H3,(H2,14,16). The van der Waals surface area contributed by atoms with Gasteiger partial charge in [0.2, 0.25) is 0 Å². The maximum Gasteiger partial charge on any atom is 0.311 e. The quantitative estimate of drug-likeness (QED) is 0.778. The number of benzene rings is 1. The zero-order valence-corrected chi connectivity index (χ0v) is 10.7. The van der Waals surface area contributed by atoms with E-state index < -0.39 is 11.8 Å². The fraction of sp³-hybridized carbons (Fsp3) is 0.385. The number of hydrogen-bond donors (Lipinski definition) is 1. The molecular weight excluding hydrogens is 248 g/mol. The molecule has 0 saturated carbocycles. The van der Waals surface area contributed by atoms with Crippen LogP contribution in [-0.4, -0.2) is 37.0 Å². The molecule has 2 amide bonds. The van der Waals surface area contributed by atoms with Crippen molar-refractivity contribution in [3.05, 3.63) is 23.8 Å². The lowest BCUT2D eigenvalue weighted by atomic mass is 10.2. The van der Waals surface area contributed by atoms with Gasteiger partial charge in [-0.15, -0.1) is 0 Å². The number of primary amides is 1. The number of fused-ring (bicyclic) bond motifs is 1. The molecule has 0 atom stereocenters. The summed E-state index contributed by atoms with van der Waals surface area (Å²) in [7, 11) is 1.52. The Labute approximate surface area is 111 Å². The summed E-state index contributed by atoms with van der Waals surface area (Å²) in [5.74, 6) is -0.316. The van der Waals surface area contributed by atoms with Crippen molar-refractivity contribution in [3.63, 3.8) is 0 Å². The van der Waals surface area contributed by atoms with Crippen LogP contribution < -0.4 is 15.2 Å². The summed E-state index contributed by atoms with van der Waals surface area (Å²) < 4.78 is 11.1. The molecule has 1 aromatic carbocycles. The van der Waals surface area contributed by atoms with Crippen LogP contribution in [0.15, 0.2) is 18.2 Å². The van der Waals surface area contributed by atoms with Crippen LogP contribution in [0.4, 0.5) is 0 Å². The van der Waals surface area contributed by atoms with Gasteiger partial charge in [0.1, 0.15) is 0 Å². The summed E-state index contributed by atoms with van der Waals surface area (Å²) in [6, 6.07) is 5.45. The van der Waals surface area contributed by atoms with Crippen molar-refractivity contribution in [1.82, 2.24) is 4.90 Å². The van der Waals surface area contributed by atoms with E-state index in [-0.39, 0.29) is 0 Å². The van der Waals surface area contributed by atoms with Crippen LogP contribution in [0, 0.1) is 0 Å². The monoisotopic (exact) mass is 264 g/mol. The molecule has 19 heavy (non-hydrogen) atoms. The zero-order valence-electron chi connectivity index (χ0n) is 10.7. The van der Waals surface area contributed by atoms with Crippen LogP contribution in [0.5, 0.6) is 11.5 Å². The van der Waals surface area contributed by atoms with Crippen LogP contribution >= 0.6 is 0 Å². The molecule has 0 aromatic heterocycles. The van der Waals surface area contributed by atoms with Crippen LogP contribution in [0.25, 0.3) is 0 Å². The molecule has 0 aliphatic carbocycles. The van der Waals surface area contributed by atoms with E-state index in [1.54, 1.807) is 6.07 Å². The average molecular weight is 264 g/mol. The summed E-state index contributed by atoms with van der Waals surface area (Å²) in [4.78, 5) is 23.4. The molecule has 6 heteroatoms. The number of ether oxygens (including phenoxy) is 2. The fourth-order valence-electron chi connectivity index (χ4n) is 1.84. The molecule has 1 aliphatic heterocycles. The van der Waals surface area contributed by atoms with Gasteiger partial charge in [-0.3, -0.25) is 9.59 Å². The minimum Gasteiger partial charge on any atom is -0.490 e. The normalized spacial score (nSPS) is 13.5. The van der Waals surface area contributed by atoms with E-state index in [9.17, 15) is 9.59 Å². The first-order valence-electron chi connectivity index (χ1n) is 6.01. The van der Waals surface area contributed by atoms with Gasteiger partial charge in [-0.05, 0) is 17.7 Å². The van der Waals surface area contributed by atoms with E-state index in [1.807, 2.05) is 12.1 Å². The first-order chi connectivity index (χ1) is 9.08. The van der Waals surface area contributed by atoms with Crippen LogP contribution in [0.3, 0.4) is 0 Å². The SMILES string of the molecule is CN(Cc1ccc2c(c1)OCCCO2)C(=O)C(N)=O. The van der Waals surface area contributed by atoms with Gasteiger partial charge in [-0.25, -0.2) is 0 Å². The number of carbonyl (C=O) groups excluding carboxylic acids is 2. The van der Waals surface area contributed by atoms with Crippen LogP contribution in [-0.2, 0) is 16.1 Å². The number of hydrogen-bond acceptors (Lipinski definition) is 4. The van der Waals surface area contributed by atoms with Crippen molar-refractivity contribution in [2.45, 2.75) is 13.0 Å². The second-order valence-electron chi connectivity index (χ2n) is 4.36. The molecule has 2 N–H and O–H groups in total. The van der Waals surface area contributed by atoms with Gasteiger partial charge < -0.3 is 20.1 Å². The van der Waals surface area contributed by atoms with E-state index in [4.69, 9.17) is 15.2 Å². The second kappa shape index (κ2) is 5.60. The van der Waals surface area contributed by atoms with Crippen molar-refractivity contribution in [2.75, 3.05) is 20.3 Å². The van der Waals surface area contributed by atoms with Crippen molar-refractivity contribution >= 4 is 11.8 Å². The van der Waals surface area contributed by atoms with Crippen LogP contribution in [0.2, 0.25) is 0 Å². The van der Waals surface area contributed by atoms with Gasteiger partial charge in [-0.2, -0.15) is 0 Å². The van der Waals surface area contributed by atoms with Gasteiger partial charge >= 0.3 is 11.8 Å². The van der Waals surface area contributed by atoms with Gasteiger partial charge in [0.25, 0.3) is 0 Å². The molecular formula is C13H16N2O4. The number of likely N-dealkylation sites (N-methyl/N-ethyl adjacent to an activating group) is 1. The molecule has 0 fully saturated rings. The lowest BCUT2D eigenvalue weighted by Gasteiger charge is -2.16. The maximum atomic E-state index is 11.4. The average Bonchev–Trinajstić information content (AvgIpc) is 2.62. The highest BCUT2D eigenvalue weighted by Crippen LogP contribution is 2.30. The molecule has 2 rings (SSSR count). The summed E-state index contributed by atoms with van der Waals surface area (Å²) in [5, 5.41) is 0. The number of amides is 2. The number of nitrogens with two attached hydrogens (primary N) is 1. The molecule has 0 bridgehead atoms. The first kappa shape index (κ1) is 13.2. The Morgan fingerprint density at radius 3 is 2.63 bits per heavy atom. The Kier molecular flexibility index (Phi) is 3.89. The van der Waals surface area contributed by atoms with Crippen molar-refractivity contribution in [2.24, 2.45) is 5.73 Å². The third kappa shape index (κ3) is 3.15. The lowest BCUT2D eigenvalue weighted by molar-refractivity contribution is -0.143. The Morgan fingerprint density at radius 2 is 1.95 bits per heavy atom. The molecule has 1 aromatic rings. The minimum absolute atomic E-state index is 0.290. The Balaban J connectivity index is 2.11. The minimum atomic E-state index is -0.961. The fourth-order valence-corrected chi connectivity index (χ4v) is 1.84. The van der Waals surface area contributed by atoms with E-state index in [0.717, 1.165) is 12.0 Å². The molecule has 102 valence electrons. The summed E-state index contributed by atoms with van der Waals surface area (Å²) in [6.07, 6.45) is 0.837. The van der Waals surface area contributed by atoms with Gasteiger partial charge in [0.05, 0.1) is 13.2 Å². The summed E-state index contributed by atoms with van der Waals surface area (Å²) >= 11 is 0. The van der Waals surface area contributed by atoms with Crippen molar-refractivity contribution in [3.8, 4) is 11.5 Å². The molecule has 6 nitrogen and oxygen atoms in total. The lowest BCUT2D eigenvalue weighted by Crippen LogP contribution is -2.37. The highest BCUT2D eigenvalue weighted by molar-refractivity contribution is 6.34. The molecule has 1 heterocycles.